The fourth-order valence-electron chi connectivity index (χ4n) is 2.32. The summed E-state index contributed by atoms with van der Waals surface area (Å²) < 4.78 is 33.2. The number of hydrogen-bond acceptors (Lipinski definition) is 4. The van der Waals surface area contributed by atoms with Gasteiger partial charge in [0.2, 0.25) is 10.0 Å². The molecule has 0 saturated carbocycles. The lowest BCUT2D eigenvalue weighted by atomic mass is 10.0. The van der Waals surface area contributed by atoms with Crippen molar-refractivity contribution in [1.82, 2.24) is 10.0 Å². The predicted molar refractivity (Wildman–Crippen MR) is 80.2 cm³/mol. The molecule has 0 radical (unpaired) electrons. The van der Waals surface area contributed by atoms with Gasteiger partial charge in [-0.2, -0.15) is 0 Å². The molecule has 1 heterocycles. The summed E-state index contributed by atoms with van der Waals surface area (Å²) in [4.78, 5) is 0.287. The minimum atomic E-state index is -3.52. The first-order valence-corrected chi connectivity index (χ1v) is 8.58. The highest BCUT2D eigenvalue weighted by molar-refractivity contribution is 7.89. The standard InChI is InChI=1S/C14H26N2O3S/c1-6-12(7-2)8-16-20(17,18)14-11(4)19-10(3)13(14)9-15-5/h12,15-16H,6-9H2,1-5H3. The number of hydrogen-bond donors (Lipinski definition) is 2. The molecule has 0 aliphatic heterocycles. The smallest absolute Gasteiger partial charge is 0.244 e. The van der Waals surface area contributed by atoms with E-state index in [1.165, 1.54) is 0 Å². The lowest BCUT2D eigenvalue weighted by Gasteiger charge is -2.14. The fourth-order valence-corrected chi connectivity index (χ4v) is 3.88. The molecule has 5 nitrogen and oxygen atoms in total. The van der Waals surface area contributed by atoms with Gasteiger partial charge in [-0.1, -0.05) is 26.7 Å². The van der Waals surface area contributed by atoms with Gasteiger partial charge >= 0.3 is 0 Å². The van der Waals surface area contributed by atoms with Gasteiger partial charge in [-0.15, -0.1) is 0 Å². The summed E-state index contributed by atoms with van der Waals surface area (Å²) in [6, 6.07) is 0. The molecule has 0 aliphatic rings. The van der Waals surface area contributed by atoms with E-state index in [9.17, 15) is 8.42 Å². The lowest BCUT2D eigenvalue weighted by molar-refractivity contribution is 0.475. The molecule has 0 saturated heterocycles. The normalized spacial score (nSPS) is 12.3. The van der Waals surface area contributed by atoms with Crippen LogP contribution < -0.4 is 10.0 Å². The van der Waals surface area contributed by atoms with Gasteiger partial charge in [0.1, 0.15) is 16.4 Å². The molecule has 0 aliphatic carbocycles. The molecule has 0 spiro atoms. The van der Waals surface area contributed by atoms with Gasteiger partial charge < -0.3 is 9.73 Å². The molecule has 0 bridgehead atoms. The number of sulfonamides is 1. The first-order chi connectivity index (χ1) is 9.37. The van der Waals surface area contributed by atoms with Crippen LogP contribution in [0.3, 0.4) is 0 Å². The Morgan fingerprint density at radius 3 is 2.25 bits per heavy atom. The van der Waals surface area contributed by atoms with Crippen LogP contribution in [0.5, 0.6) is 0 Å². The van der Waals surface area contributed by atoms with Gasteiger partial charge in [-0.3, -0.25) is 0 Å². The topological polar surface area (TPSA) is 71.3 Å². The van der Waals surface area contributed by atoms with E-state index in [0.29, 0.717) is 36.1 Å². The van der Waals surface area contributed by atoms with E-state index in [1.54, 1.807) is 20.9 Å². The molecule has 1 aromatic rings. The van der Waals surface area contributed by atoms with E-state index in [2.05, 4.69) is 23.9 Å². The third kappa shape index (κ3) is 3.84. The van der Waals surface area contributed by atoms with Crippen molar-refractivity contribution in [2.45, 2.75) is 52.0 Å². The van der Waals surface area contributed by atoms with E-state index >= 15 is 0 Å². The van der Waals surface area contributed by atoms with Crippen LogP contribution in [-0.2, 0) is 16.6 Å². The van der Waals surface area contributed by atoms with Gasteiger partial charge in [0.05, 0.1) is 0 Å². The van der Waals surface area contributed by atoms with Crippen LogP contribution in [-0.4, -0.2) is 22.0 Å². The number of aryl methyl sites for hydroxylation is 2. The average molecular weight is 302 g/mol. The molecule has 0 unspecified atom stereocenters. The molecule has 0 aromatic carbocycles. The highest BCUT2D eigenvalue weighted by Gasteiger charge is 2.26. The molecule has 0 atom stereocenters. The Bertz CT molecular complexity index is 531. The molecule has 1 rings (SSSR count). The minimum absolute atomic E-state index is 0.287. The third-order valence-corrected chi connectivity index (χ3v) is 5.28. The van der Waals surface area contributed by atoms with Crippen molar-refractivity contribution < 1.29 is 12.8 Å². The second kappa shape index (κ2) is 7.24. The number of furan rings is 1. The van der Waals surface area contributed by atoms with Crippen molar-refractivity contribution in [3.05, 3.63) is 17.1 Å². The Morgan fingerprint density at radius 1 is 1.15 bits per heavy atom. The van der Waals surface area contributed by atoms with E-state index in [0.717, 1.165) is 12.8 Å². The van der Waals surface area contributed by atoms with Crippen molar-refractivity contribution in [1.29, 1.82) is 0 Å². The molecular formula is C14H26N2O3S. The van der Waals surface area contributed by atoms with Crippen molar-refractivity contribution in [3.63, 3.8) is 0 Å². The zero-order valence-electron chi connectivity index (χ0n) is 13.0. The van der Waals surface area contributed by atoms with E-state index < -0.39 is 10.0 Å². The largest absolute Gasteiger partial charge is 0.465 e. The molecule has 20 heavy (non-hydrogen) atoms. The highest BCUT2D eigenvalue weighted by Crippen LogP contribution is 2.26. The Balaban J connectivity index is 3.03. The fraction of sp³-hybridized carbons (Fsp3) is 0.714. The monoisotopic (exact) mass is 302 g/mol. The summed E-state index contributed by atoms with van der Waals surface area (Å²) >= 11 is 0. The van der Waals surface area contributed by atoms with E-state index in [1.807, 2.05) is 0 Å². The van der Waals surface area contributed by atoms with Crippen LogP contribution in [0, 0.1) is 19.8 Å². The van der Waals surface area contributed by atoms with E-state index in [-0.39, 0.29) is 4.90 Å². The molecule has 2 N–H and O–H groups in total. The van der Waals surface area contributed by atoms with Gasteiger partial charge in [-0.25, -0.2) is 13.1 Å². The Morgan fingerprint density at radius 2 is 1.75 bits per heavy atom. The molecular weight excluding hydrogens is 276 g/mol. The van der Waals surface area contributed by atoms with Crippen molar-refractivity contribution in [2.75, 3.05) is 13.6 Å². The summed E-state index contributed by atoms with van der Waals surface area (Å²) in [6.07, 6.45) is 1.93. The third-order valence-electron chi connectivity index (χ3n) is 3.66. The van der Waals surface area contributed by atoms with Crippen LogP contribution >= 0.6 is 0 Å². The maximum Gasteiger partial charge on any atom is 0.244 e. The molecule has 116 valence electrons. The van der Waals surface area contributed by atoms with E-state index in [4.69, 9.17) is 4.42 Å². The summed E-state index contributed by atoms with van der Waals surface area (Å²) in [7, 11) is -1.73. The second-order valence-electron chi connectivity index (χ2n) is 5.09. The SMILES string of the molecule is CCC(CC)CNS(=O)(=O)c1c(C)oc(C)c1CNC. The Labute approximate surface area is 122 Å². The first kappa shape index (κ1) is 17.2. The van der Waals surface area contributed by atoms with Crippen LogP contribution in [0.2, 0.25) is 0 Å². The predicted octanol–water partition coefficient (Wildman–Crippen LogP) is 2.33. The van der Waals surface area contributed by atoms with Crippen molar-refractivity contribution in [3.8, 4) is 0 Å². The van der Waals surface area contributed by atoms with Crippen LogP contribution in [0.4, 0.5) is 0 Å². The number of nitrogens with one attached hydrogen (secondary N) is 2. The summed E-state index contributed by atoms with van der Waals surface area (Å²) in [5.74, 6) is 1.47. The van der Waals surface area contributed by atoms with Crippen LogP contribution in [0.15, 0.2) is 9.31 Å². The summed E-state index contributed by atoms with van der Waals surface area (Å²) in [6.45, 7) is 8.57. The zero-order chi connectivity index (χ0) is 15.3. The molecule has 0 amide bonds. The molecule has 0 fully saturated rings. The minimum Gasteiger partial charge on any atom is -0.465 e. The summed E-state index contributed by atoms with van der Waals surface area (Å²) in [5.41, 5.74) is 0.710. The summed E-state index contributed by atoms with van der Waals surface area (Å²) in [5, 5.41) is 2.99. The lowest BCUT2D eigenvalue weighted by Crippen LogP contribution is -2.30. The van der Waals surface area contributed by atoms with Crippen molar-refractivity contribution >= 4 is 10.0 Å². The quantitative estimate of drug-likeness (QED) is 0.773. The second-order valence-corrected chi connectivity index (χ2v) is 6.79. The highest BCUT2D eigenvalue weighted by atomic mass is 32.2. The van der Waals surface area contributed by atoms with Crippen molar-refractivity contribution in [2.24, 2.45) is 5.92 Å². The Kier molecular flexibility index (Phi) is 6.23. The van der Waals surface area contributed by atoms with Gasteiger partial charge in [0.15, 0.2) is 0 Å². The number of rotatable bonds is 8. The average Bonchev–Trinajstić information content (AvgIpc) is 2.66. The Hall–Kier alpha value is -0.850. The molecule has 1 aromatic heterocycles. The van der Waals surface area contributed by atoms with Gasteiger partial charge in [0.25, 0.3) is 0 Å². The van der Waals surface area contributed by atoms with Gasteiger partial charge in [0, 0.05) is 18.7 Å². The van der Waals surface area contributed by atoms with Crippen LogP contribution in [0.1, 0.15) is 43.8 Å². The van der Waals surface area contributed by atoms with Crippen LogP contribution in [0.25, 0.3) is 0 Å². The first-order valence-electron chi connectivity index (χ1n) is 7.10. The zero-order valence-corrected chi connectivity index (χ0v) is 13.9. The maximum atomic E-state index is 12.5. The molecule has 6 heteroatoms. The van der Waals surface area contributed by atoms with Gasteiger partial charge in [-0.05, 0) is 26.8 Å². The maximum absolute atomic E-state index is 12.5.